The average molecular weight is 324 g/mol. The van der Waals surface area contributed by atoms with Gasteiger partial charge in [0.2, 0.25) is 11.8 Å². The Morgan fingerprint density at radius 3 is 2.83 bits per heavy atom. The lowest BCUT2D eigenvalue weighted by Gasteiger charge is -2.18. The van der Waals surface area contributed by atoms with E-state index in [4.69, 9.17) is 5.73 Å². The van der Waals surface area contributed by atoms with Gasteiger partial charge in [-0.3, -0.25) is 14.6 Å². The Balaban J connectivity index is 1.58. The van der Waals surface area contributed by atoms with Gasteiger partial charge in [0.15, 0.2) is 0 Å². The first-order valence-corrected chi connectivity index (χ1v) is 7.95. The quantitative estimate of drug-likeness (QED) is 0.862. The number of nitrogens with one attached hydrogen (secondary N) is 1. The Morgan fingerprint density at radius 2 is 2.08 bits per heavy atom. The van der Waals surface area contributed by atoms with Gasteiger partial charge in [-0.25, -0.2) is 0 Å². The zero-order valence-corrected chi connectivity index (χ0v) is 13.3. The highest BCUT2D eigenvalue weighted by Crippen LogP contribution is 2.19. The summed E-state index contributed by atoms with van der Waals surface area (Å²) in [5, 5.41) is 3.04. The molecule has 1 saturated heterocycles. The third-order valence-corrected chi connectivity index (χ3v) is 4.20. The smallest absolute Gasteiger partial charge is 0.248 e. The summed E-state index contributed by atoms with van der Waals surface area (Å²) in [5.41, 5.74) is 7.47. The Morgan fingerprint density at radius 1 is 1.25 bits per heavy atom. The van der Waals surface area contributed by atoms with Gasteiger partial charge in [-0.15, -0.1) is 0 Å². The summed E-state index contributed by atoms with van der Waals surface area (Å²) in [6, 6.07) is 11.0. The molecule has 1 atom stereocenters. The van der Waals surface area contributed by atoms with Gasteiger partial charge < -0.3 is 16.0 Å². The van der Waals surface area contributed by atoms with E-state index in [0.717, 1.165) is 25.2 Å². The maximum absolute atomic E-state index is 12.3. The number of hydrogen-bond donors (Lipinski definition) is 2. The summed E-state index contributed by atoms with van der Waals surface area (Å²) in [6.07, 6.45) is 4.61. The third kappa shape index (κ3) is 3.71. The van der Waals surface area contributed by atoms with Crippen LogP contribution in [0.25, 0.3) is 0 Å². The van der Waals surface area contributed by atoms with Crippen molar-refractivity contribution in [2.45, 2.75) is 18.9 Å². The summed E-state index contributed by atoms with van der Waals surface area (Å²) in [6.45, 7) is 1.64. The van der Waals surface area contributed by atoms with Crippen LogP contribution in [0, 0.1) is 0 Å². The number of pyridine rings is 1. The number of carbonyl (C=O) groups excluding carboxylic acids is 2. The summed E-state index contributed by atoms with van der Waals surface area (Å²) in [5.74, 6) is -0.608. The molecule has 6 heteroatoms. The van der Waals surface area contributed by atoms with Crippen LogP contribution in [0.4, 0.5) is 5.69 Å². The molecule has 1 aliphatic rings. The van der Waals surface area contributed by atoms with Crippen LogP contribution in [0.3, 0.4) is 0 Å². The number of carbonyl (C=O) groups is 2. The van der Waals surface area contributed by atoms with Gasteiger partial charge in [0.1, 0.15) is 0 Å². The number of amides is 2. The van der Waals surface area contributed by atoms with Crippen LogP contribution in [0.2, 0.25) is 0 Å². The van der Waals surface area contributed by atoms with E-state index in [-0.39, 0.29) is 18.4 Å². The largest absolute Gasteiger partial charge is 0.368 e. The van der Waals surface area contributed by atoms with Gasteiger partial charge in [0.05, 0.1) is 18.3 Å². The number of primary amides is 1. The number of anilines is 1. The number of hydrogen-bond acceptors (Lipinski definition) is 4. The number of benzene rings is 1. The molecular formula is C18H20N4O2. The topological polar surface area (TPSA) is 88.3 Å². The van der Waals surface area contributed by atoms with Crippen LogP contribution in [0.15, 0.2) is 48.8 Å². The highest BCUT2D eigenvalue weighted by atomic mass is 16.2. The number of nitrogens with zero attached hydrogens (tertiary/aromatic N) is 2. The molecule has 2 heterocycles. The van der Waals surface area contributed by atoms with Crippen molar-refractivity contribution in [3.05, 3.63) is 59.9 Å². The summed E-state index contributed by atoms with van der Waals surface area (Å²) >= 11 is 0. The first-order valence-electron chi connectivity index (χ1n) is 7.95. The number of nitrogens with two attached hydrogens (primary N) is 1. The summed E-state index contributed by atoms with van der Waals surface area (Å²) < 4.78 is 0. The predicted octanol–water partition coefficient (Wildman–Crippen LogP) is 1.12. The first-order chi connectivity index (χ1) is 11.6. The van der Waals surface area contributed by atoms with Crippen molar-refractivity contribution in [3.63, 3.8) is 0 Å². The standard InChI is InChI=1S/C18H20N4O2/c19-18(24)16-6-2-1-4-13(16)10-17(23)21-14-7-9-22(12-14)15-5-3-8-20-11-15/h1-6,8,11,14H,7,9-10,12H2,(H2,19,24)(H,21,23). The van der Waals surface area contributed by atoms with Crippen molar-refractivity contribution in [2.24, 2.45) is 5.73 Å². The molecule has 2 amide bonds. The molecule has 0 aliphatic carbocycles. The highest BCUT2D eigenvalue weighted by Gasteiger charge is 2.24. The zero-order valence-electron chi connectivity index (χ0n) is 13.3. The van der Waals surface area contributed by atoms with Crippen molar-refractivity contribution in [1.29, 1.82) is 0 Å². The molecule has 3 N–H and O–H groups in total. The molecule has 0 saturated carbocycles. The van der Waals surface area contributed by atoms with Crippen molar-refractivity contribution in [1.82, 2.24) is 10.3 Å². The zero-order chi connectivity index (χ0) is 16.9. The lowest BCUT2D eigenvalue weighted by molar-refractivity contribution is -0.121. The van der Waals surface area contributed by atoms with Crippen LogP contribution >= 0.6 is 0 Å². The van der Waals surface area contributed by atoms with E-state index in [9.17, 15) is 9.59 Å². The Labute approximate surface area is 140 Å². The Kier molecular flexibility index (Phi) is 4.74. The predicted molar refractivity (Wildman–Crippen MR) is 91.7 cm³/mol. The van der Waals surface area contributed by atoms with Gasteiger partial charge in [-0.05, 0) is 30.2 Å². The van der Waals surface area contributed by atoms with Gasteiger partial charge in [-0.1, -0.05) is 18.2 Å². The normalized spacial score (nSPS) is 16.8. The Hall–Kier alpha value is -2.89. The molecule has 0 bridgehead atoms. The van der Waals surface area contributed by atoms with Crippen molar-refractivity contribution >= 4 is 17.5 Å². The molecule has 1 fully saturated rings. The second-order valence-corrected chi connectivity index (χ2v) is 5.91. The fourth-order valence-electron chi connectivity index (χ4n) is 3.02. The highest BCUT2D eigenvalue weighted by molar-refractivity contribution is 5.95. The molecule has 2 aromatic rings. The summed E-state index contributed by atoms with van der Waals surface area (Å²) in [4.78, 5) is 30.0. The van der Waals surface area contributed by atoms with E-state index in [1.165, 1.54) is 0 Å². The second kappa shape index (κ2) is 7.12. The molecular weight excluding hydrogens is 304 g/mol. The minimum absolute atomic E-state index is 0.0956. The minimum Gasteiger partial charge on any atom is -0.368 e. The van der Waals surface area contributed by atoms with E-state index in [0.29, 0.717) is 11.1 Å². The average Bonchev–Trinajstić information content (AvgIpc) is 3.04. The number of rotatable bonds is 5. The van der Waals surface area contributed by atoms with Crippen LogP contribution < -0.4 is 16.0 Å². The van der Waals surface area contributed by atoms with Crippen molar-refractivity contribution < 1.29 is 9.59 Å². The van der Waals surface area contributed by atoms with Crippen LogP contribution in [0.1, 0.15) is 22.3 Å². The maximum atomic E-state index is 12.3. The van der Waals surface area contributed by atoms with E-state index in [1.54, 1.807) is 30.5 Å². The lowest BCUT2D eigenvalue weighted by atomic mass is 10.0. The van der Waals surface area contributed by atoms with Crippen LogP contribution in [-0.2, 0) is 11.2 Å². The second-order valence-electron chi connectivity index (χ2n) is 5.91. The molecule has 6 nitrogen and oxygen atoms in total. The summed E-state index contributed by atoms with van der Waals surface area (Å²) in [7, 11) is 0. The fourth-order valence-corrected chi connectivity index (χ4v) is 3.02. The molecule has 1 aromatic heterocycles. The van der Waals surface area contributed by atoms with Gasteiger partial charge >= 0.3 is 0 Å². The van der Waals surface area contributed by atoms with Gasteiger partial charge in [0, 0.05) is 30.9 Å². The Bertz CT molecular complexity index is 733. The van der Waals surface area contributed by atoms with Crippen LogP contribution in [0.5, 0.6) is 0 Å². The van der Waals surface area contributed by atoms with Crippen LogP contribution in [-0.4, -0.2) is 35.9 Å². The third-order valence-electron chi connectivity index (χ3n) is 4.20. The molecule has 0 radical (unpaired) electrons. The van der Waals surface area contributed by atoms with E-state index < -0.39 is 5.91 Å². The molecule has 24 heavy (non-hydrogen) atoms. The van der Waals surface area contributed by atoms with Gasteiger partial charge in [0.25, 0.3) is 0 Å². The van der Waals surface area contributed by atoms with Crippen molar-refractivity contribution in [3.8, 4) is 0 Å². The molecule has 1 unspecified atom stereocenters. The molecule has 0 spiro atoms. The molecule has 124 valence electrons. The van der Waals surface area contributed by atoms with Gasteiger partial charge in [-0.2, -0.15) is 0 Å². The first kappa shape index (κ1) is 16.0. The molecule has 1 aliphatic heterocycles. The van der Waals surface area contributed by atoms with E-state index in [1.807, 2.05) is 18.3 Å². The fraction of sp³-hybridized carbons (Fsp3) is 0.278. The minimum atomic E-state index is -0.512. The maximum Gasteiger partial charge on any atom is 0.248 e. The monoisotopic (exact) mass is 324 g/mol. The van der Waals surface area contributed by atoms with E-state index >= 15 is 0 Å². The molecule has 1 aromatic carbocycles. The molecule has 3 rings (SSSR count). The SMILES string of the molecule is NC(=O)c1ccccc1CC(=O)NC1CCN(c2cccnc2)C1. The van der Waals surface area contributed by atoms with Crippen molar-refractivity contribution in [2.75, 3.05) is 18.0 Å². The van der Waals surface area contributed by atoms with E-state index in [2.05, 4.69) is 15.2 Å². The number of aromatic nitrogens is 1. The lowest BCUT2D eigenvalue weighted by Crippen LogP contribution is -2.38.